The molecule has 0 radical (unpaired) electrons. The normalized spacial score (nSPS) is 25.5. The van der Waals surface area contributed by atoms with Crippen LogP contribution in [-0.4, -0.2) is 45.2 Å². The highest BCUT2D eigenvalue weighted by molar-refractivity contribution is 5.70. The minimum Gasteiger partial charge on any atom is -0.467 e. The number of hydrogen-bond donors (Lipinski definition) is 0. The summed E-state index contributed by atoms with van der Waals surface area (Å²) >= 11 is 0. The second kappa shape index (κ2) is 11.6. The summed E-state index contributed by atoms with van der Waals surface area (Å²) in [6.07, 6.45) is 7.23. The van der Waals surface area contributed by atoms with Gasteiger partial charge in [0.25, 0.3) is 0 Å². The Morgan fingerprint density at radius 2 is 1.83 bits per heavy atom. The highest BCUT2D eigenvalue weighted by atomic mass is 19.1. The van der Waals surface area contributed by atoms with Gasteiger partial charge in [0.15, 0.2) is 0 Å². The molecule has 8 heteroatoms. The van der Waals surface area contributed by atoms with Gasteiger partial charge >= 0.3 is 5.97 Å². The number of carbonyl (C=O) groups is 1. The predicted molar refractivity (Wildman–Crippen MR) is 126 cm³/mol. The molecule has 4 rings (SSSR count). The second-order valence-electron chi connectivity index (χ2n) is 8.85. The Morgan fingerprint density at radius 3 is 2.54 bits per heavy atom. The molecular weight excluding hydrogens is 456 g/mol. The molecule has 1 saturated heterocycles. The molecule has 1 heterocycles. The number of ether oxygens (including phenoxy) is 3. The van der Waals surface area contributed by atoms with Gasteiger partial charge in [0.05, 0.1) is 26.4 Å². The van der Waals surface area contributed by atoms with Crippen molar-refractivity contribution >= 4 is 12.2 Å². The molecule has 1 aliphatic carbocycles. The Balaban J connectivity index is 1.44. The molecular formula is C27H29F2NO5. The number of oxime groups is 1. The zero-order valence-corrected chi connectivity index (χ0v) is 19.6. The molecule has 2 fully saturated rings. The Labute approximate surface area is 203 Å². The lowest BCUT2D eigenvalue weighted by Crippen LogP contribution is -2.40. The van der Waals surface area contributed by atoms with Gasteiger partial charge in [0, 0.05) is 17.5 Å². The number of fused-ring (bicyclic) bond motifs is 2. The second-order valence-corrected chi connectivity index (χ2v) is 8.85. The summed E-state index contributed by atoms with van der Waals surface area (Å²) in [7, 11) is 1.32. The van der Waals surface area contributed by atoms with Crippen molar-refractivity contribution in [2.45, 2.75) is 31.0 Å². The van der Waals surface area contributed by atoms with Gasteiger partial charge in [-0.3, -0.25) is 0 Å². The smallest absolute Gasteiger partial charge is 0.331 e. The number of carbonyl (C=O) groups excluding carboxylic acids is 1. The summed E-state index contributed by atoms with van der Waals surface area (Å²) in [5.41, 5.74) is 1.61. The van der Waals surface area contributed by atoms with Crippen LogP contribution in [-0.2, 0) is 35.9 Å². The van der Waals surface area contributed by atoms with Crippen LogP contribution >= 0.6 is 0 Å². The number of methoxy groups -OCH3 is 1. The van der Waals surface area contributed by atoms with Gasteiger partial charge in [-0.15, -0.1) is 0 Å². The van der Waals surface area contributed by atoms with E-state index in [1.807, 2.05) is 24.3 Å². The predicted octanol–water partition coefficient (Wildman–Crippen LogP) is 4.58. The first-order chi connectivity index (χ1) is 17.0. The van der Waals surface area contributed by atoms with E-state index in [4.69, 9.17) is 14.3 Å². The SMILES string of the molecule is COC(=O)COC/C=C\C[C@H]1[C@H](C=NOCc2ccc(F)cc2)[C@@H]2C[C@@]1(c1ccc(F)cc1)CO2. The average Bonchev–Trinajstić information content (AvgIpc) is 3.43. The molecule has 1 aliphatic heterocycles. The molecule has 6 nitrogen and oxygen atoms in total. The van der Waals surface area contributed by atoms with Crippen LogP contribution in [0.4, 0.5) is 8.78 Å². The molecule has 0 amide bonds. The van der Waals surface area contributed by atoms with Gasteiger partial charge in [-0.1, -0.05) is 41.6 Å². The van der Waals surface area contributed by atoms with Crippen LogP contribution < -0.4 is 0 Å². The molecule has 4 atom stereocenters. The van der Waals surface area contributed by atoms with Crippen molar-refractivity contribution in [3.05, 3.63) is 83.4 Å². The zero-order chi connectivity index (χ0) is 24.7. The first kappa shape index (κ1) is 25.0. The van der Waals surface area contributed by atoms with Crippen molar-refractivity contribution < 1.29 is 32.6 Å². The van der Waals surface area contributed by atoms with Gasteiger partial charge < -0.3 is 19.0 Å². The maximum atomic E-state index is 13.6. The fraction of sp³-hybridized carbons (Fsp3) is 0.407. The fourth-order valence-electron chi connectivity index (χ4n) is 5.03. The number of hydrogen-bond acceptors (Lipinski definition) is 6. The van der Waals surface area contributed by atoms with E-state index in [2.05, 4.69) is 9.89 Å². The minimum atomic E-state index is -0.421. The molecule has 0 unspecified atom stereocenters. The lowest BCUT2D eigenvalue weighted by atomic mass is 9.69. The highest BCUT2D eigenvalue weighted by Crippen LogP contribution is 2.56. The van der Waals surface area contributed by atoms with Crippen LogP contribution in [0.3, 0.4) is 0 Å². The van der Waals surface area contributed by atoms with E-state index in [1.165, 1.54) is 31.4 Å². The molecule has 2 aliphatic rings. The first-order valence-corrected chi connectivity index (χ1v) is 11.6. The molecule has 0 aromatic heterocycles. The minimum absolute atomic E-state index is 0.00246. The van der Waals surface area contributed by atoms with E-state index in [1.54, 1.807) is 18.3 Å². The van der Waals surface area contributed by atoms with Gasteiger partial charge in [0.1, 0.15) is 24.8 Å². The summed E-state index contributed by atoms with van der Waals surface area (Å²) in [5, 5.41) is 4.21. The van der Waals surface area contributed by atoms with Crippen LogP contribution in [0.15, 0.2) is 65.8 Å². The lowest BCUT2D eigenvalue weighted by Gasteiger charge is -2.37. The van der Waals surface area contributed by atoms with Crippen molar-refractivity contribution in [3.63, 3.8) is 0 Å². The Kier molecular flexibility index (Phi) is 8.25. The van der Waals surface area contributed by atoms with Crippen LogP contribution in [0.5, 0.6) is 0 Å². The largest absolute Gasteiger partial charge is 0.467 e. The highest BCUT2D eigenvalue weighted by Gasteiger charge is 2.58. The third-order valence-corrected chi connectivity index (χ3v) is 6.81. The van der Waals surface area contributed by atoms with Gasteiger partial charge in [-0.05, 0) is 54.2 Å². The van der Waals surface area contributed by atoms with Crippen LogP contribution in [0.25, 0.3) is 0 Å². The van der Waals surface area contributed by atoms with E-state index < -0.39 is 5.97 Å². The third kappa shape index (κ3) is 5.94. The van der Waals surface area contributed by atoms with Crippen LogP contribution in [0.1, 0.15) is 24.0 Å². The molecule has 186 valence electrons. The summed E-state index contributed by atoms with van der Waals surface area (Å²) in [4.78, 5) is 16.7. The molecule has 0 N–H and O–H groups in total. The zero-order valence-electron chi connectivity index (χ0n) is 19.6. The fourth-order valence-corrected chi connectivity index (χ4v) is 5.03. The number of nitrogens with zero attached hydrogens (tertiary/aromatic N) is 1. The Hall–Kier alpha value is -3.10. The third-order valence-electron chi connectivity index (χ3n) is 6.81. The summed E-state index contributed by atoms with van der Waals surface area (Å²) in [6.45, 7) is 0.993. The van der Waals surface area contributed by atoms with Crippen molar-refractivity contribution in [1.82, 2.24) is 0 Å². The van der Waals surface area contributed by atoms with Crippen LogP contribution in [0, 0.1) is 23.5 Å². The molecule has 35 heavy (non-hydrogen) atoms. The lowest BCUT2D eigenvalue weighted by molar-refractivity contribution is -0.145. The number of halogens is 2. The monoisotopic (exact) mass is 485 g/mol. The van der Waals surface area contributed by atoms with Crippen molar-refractivity contribution in [2.75, 3.05) is 26.9 Å². The van der Waals surface area contributed by atoms with Gasteiger partial charge in [-0.25, -0.2) is 13.6 Å². The standard InChI is InChI=1S/C27H29F2NO5/c1-32-26(31)17-33-13-3-2-4-24-23(15-30-35-16-19-5-9-21(28)10-6-19)25-14-27(24,18-34-25)20-7-11-22(29)12-8-20/h2-3,5-12,15,23-25H,4,13-14,16-18H2,1H3/b3-2-,30-15?/t23-,24-,25-,27-/m0/s1. The van der Waals surface area contributed by atoms with E-state index in [0.29, 0.717) is 13.2 Å². The van der Waals surface area contributed by atoms with Crippen LogP contribution in [0.2, 0.25) is 0 Å². The maximum absolute atomic E-state index is 13.6. The van der Waals surface area contributed by atoms with E-state index >= 15 is 0 Å². The van der Waals surface area contributed by atoms with Crippen molar-refractivity contribution in [1.29, 1.82) is 0 Å². The van der Waals surface area contributed by atoms with E-state index in [-0.39, 0.29) is 48.2 Å². The molecule has 2 aromatic carbocycles. The number of benzene rings is 2. The summed E-state index contributed by atoms with van der Waals surface area (Å²) in [6, 6.07) is 12.7. The molecule has 1 saturated carbocycles. The topological polar surface area (TPSA) is 66.4 Å². The number of esters is 1. The number of allylic oxidation sites excluding steroid dienone is 1. The van der Waals surface area contributed by atoms with E-state index in [9.17, 15) is 13.6 Å². The molecule has 0 spiro atoms. The quantitative estimate of drug-likeness (QED) is 0.153. The Morgan fingerprint density at radius 1 is 1.11 bits per heavy atom. The summed E-state index contributed by atoms with van der Waals surface area (Å²) < 4.78 is 42.7. The first-order valence-electron chi connectivity index (χ1n) is 11.6. The van der Waals surface area contributed by atoms with Crippen molar-refractivity contribution in [3.8, 4) is 0 Å². The molecule has 2 bridgehead atoms. The van der Waals surface area contributed by atoms with E-state index in [0.717, 1.165) is 24.0 Å². The Bertz CT molecular complexity index is 1040. The van der Waals surface area contributed by atoms with Gasteiger partial charge in [-0.2, -0.15) is 0 Å². The number of rotatable bonds is 11. The maximum Gasteiger partial charge on any atom is 0.331 e. The average molecular weight is 486 g/mol. The van der Waals surface area contributed by atoms with Crippen molar-refractivity contribution in [2.24, 2.45) is 17.0 Å². The summed E-state index contributed by atoms with van der Waals surface area (Å²) in [5.74, 6) is -0.834. The molecule has 2 aromatic rings. The van der Waals surface area contributed by atoms with Gasteiger partial charge in [0.2, 0.25) is 0 Å².